The molecular weight excluding hydrogens is 919 g/mol. The highest BCUT2D eigenvalue weighted by molar-refractivity contribution is 5.96. The monoisotopic (exact) mass is 995 g/mol. The Morgan fingerprint density at radius 3 is 1.29 bits per heavy atom. The molecule has 6 N–H and O–H groups in total. The van der Waals surface area contributed by atoms with Crippen LogP contribution in [0.1, 0.15) is 92.2 Å². The molecule has 0 bridgehead atoms. The zero-order valence-corrected chi connectivity index (χ0v) is 43.8. The second-order valence-corrected chi connectivity index (χ2v) is 22.0. The van der Waals surface area contributed by atoms with E-state index >= 15 is 8.78 Å². The fourth-order valence-electron chi connectivity index (χ4n) is 10.9. The average molecular weight is 995 g/mol. The number of hydrogen-bond donors (Lipinski definition) is 6. The van der Waals surface area contributed by atoms with Gasteiger partial charge in [0.25, 0.3) is 0 Å². The van der Waals surface area contributed by atoms with Gasteiger partial charge in [-0.15, -0.1) is 0 Å². The van der Waals surface area contributed by atoms with Gasteiger partial charge >= 0.3 is 0 Å². The van der Waals surface area contributed by atoms with E-state index in [-0.39, 0.29) is 62.0 Å². The number of likely N-dealkylation sites (N-methyl/N-ethyl adjacent to an activating group) is 2. The van der Waals surface area contributed by atoms with Crippen molar-refractivity contribution >= 4 is 45.4 Å². The molecule has 2 aliphatic rings. The first-order valence-electron chi connectivity index (χ1n) is 25.6. The van der Waals surface area contributed by atoms with Gasteiger partial charge in [-0.2, -0.15) is 0 Å². The lowest BCUT2D eigenvalue weighted by Gasteiger charge is -2.36. The Bertz CT molecular complexity index is 2590. The molecule has 0 spiro atoms. The molecule has 14 nitrogen and oxygen atoms in total. The van der Waals surface area contributed by atoms with Crippen molar-refractivity contribution in [3.8, 4) is 22.5 Å². The second-order valence-electron chi connectivity index (χ2n) is 22.0. The predicted molar refractivity (Wildman–Crippen MR) is 279 cm³/mol. The van der Waals surface area contributed by atoms with Gasteiger partial charge in [-0.25, -0.2) is 8.78 Å². The van der Waals surface area contributed by atoms with E-state index in [2.05, 4.69) is 21.3 Å². The van der Waals surface area contributed by atoms with Crippen LogP contribution in [0.4, 0.5) is 8.78 Å². The SMILES string of the molecule is CN[C@@H](C)C(=O)N[C@H](C(=O)N1CCC[C@@H]1Cc1c(-c2ccc(-c3c(C[C@@H]4CCCN4C(=O)[C@@H](NC(=O)[C@H](C)NC)C(C)(C)C)c4ccc(F)cc4n3CCO)cc2)n(CCO)c2cc(F)ccc12)C(C)(C)C. The molecule has 6 atom stereocenters. The first kappa shape index (κ1) is 54.1. The minimum Gasteiger partial charge on any atom is -0.395 e. The van der Waals surface area contributed by atoms with Gasteiger partial charge < -0.3 is 50.4 Å². The van der Waals surface area contributed by atoms with Crippen LogP contribution in [-0.2, 0) is 45.1 Å². The highest BCUT2D eigenvalue weighted by atomic mass is 19.1. The first-order chi connectivity index (χ1) is 34.1. The van der Waals surface area contributed by atoms with Crippen molar-refractivity contribution in [2.75, 3.05) is 40.4 Å². The largest absolute Gasteiger partial charge is 0.395 e. The lowest BCUT2D eigenvalue weighted by molar-refractivity contribution is -0.140. The maximum Gasteiger partial charge on any atom is 0.245 e. The Morgan fingerprint density at radius 1 is 0.611 bits per heavy atom. The molecule has 4 amide bonds. The van der Waals surface area contributed by atoms with Crippen molar-refractivity contribution in [3.63, 3.8) is 0 Å². The van der Waals surface area contributed by atoms with Gasteiger partial charge in [0.2, 0.25) is 23.6 Å². The molecule has 7 rings (SSSR count). The van der Waals surface area contributed by atoms with Gasteiger partial charge in [0.15, 0.2) is 0 Å². The van der Waals surface area contributed by atoms with Crippen molar-refractivity contribution < 1.29 is 38.2 Å². The lowest BCUT2D eigenvalue weighted by atomic mass is 9.85. The van der Waals surface area contributed by atoms with Crippen LogP contribution in [-0.4, -0.2) is 129 Å². The summed E-state index contributed by atoms with van der Waals surface area (Å²) in [5, 5.41) is 34.6. The van der Waals surface area contributed by atoms with E-state index < -0.39 is 46.6 Å². The molecule has 2 aromatic heterocycles. The third kappa shape index (κ3) is 11.1. The van der Waals surface area contributed by atoms with Gasteiger partial charge in [-0.05, 0) is 136 Å². The average Bonchev–Trinajstić information content (AvgIpc) is 4.13. The van der Waals surface area contributed by atoms with Gasteiger partial charge in [-0.1, -0.05) is 65.8 Å². The Kier molecular flexibility index (Phi) is 16.7. The molecule has 390 valence electrons. The molecule has 0 unspecified atom stereocenters. The summed E-state index contributed by atoms with van der Waals surface area (Å²) < 4.78 is 34.3. The number of carbonyl (C=O) groups is 4. The summed E-state index contributed by atoms with van der Waals surface area (Å²) in [6, 6.07) is 14.3. The second kappa shape index (κ2) is 22.2. The molecule has 2 fully saturated rings. The summed E-state index contributed by atoms with van der Waals surface area (Å²) in [5.74, 6) is -1.68. The molecular formula is C56H76F2N8O6. The number of carbonyl (C=O) groups excluding carboxylic acids is 4. The number of amides is 4. The molecule has 2 saturated heterocycles. The number of aliphatic hydroxyl groups is 2. The predicted octanol–water partition coefficient (Wildman–Crippen LogP) is 6.54. The van der Waals surface area contributed by atoms with Crippen LogP contribution in [0.25, 0.3) is 44.3 Å². The summed E-state index contributed by atoms with van der Waals surface area (Å²) in [6.45, 7) is 16.1. The minimum absolute atomic E-state index is 0.156. The van der Waals surface area contributed by atoms with Crippen LogP contribution in [0.5, 0.6) is 0 Å². The van der Waals surface area contributed by atoms with Crippen LogP contribution in [0, 0.1) is 22.5 Å². The zero-order chi connectivity index (χ0) is 52.4. The third-order valence-corrected chi connectivity index (χ3v) is 15.0. The van der Waals surface area contributed by atoms with Crippen LogP contribution >= 0.6 is 0 Å². The fourth-order valence-corrected chi connectivity index (χ4v) is 10.9. The van der Waals surface area contributed by atoms with E-state index in [1.807, 2.05) is 84.7 Å². The number of fused-ring (bicyclic) bond motifs is 2. The molecule has 0 aliphatic carbocycles. The van der Waals surface area contributed by atoms with E-state index in [1.54, 1.807) is 40.1 Å². The first-order valence-corrected chi connectivity index (χ1v) is 25.6. The molecule has 3 aromatic carbocycles. The van der Waals surface area contributed by atoms with Gasteiger partial charge in [0, 0.05) is 49.0 Å². The van der Waals surface area contributed by atoms with Crippen molar-refractivity contribution in [2.24, 2.45) is 10.8 Å². The smallest absolute Gasteiger partial charge is 0.245 e. The Labute approximate surface area is 422 Å². The maximum atomic E-state index is 15.2. The number of rotatable bonds is 18. The van der Waals surface area contributed by atoms with Crippen LogP contribution in [0.15, 0.2) is 60.7 Å². The zero-order valence-electron chi connectivity index (χ0n) is 43.8. The quantitative estimate of drug-likeness (QED) is 0.0575. The Balaban J connectivity index is 1.30. The summed E-state index contributed by atoms with van der Waals surface area (Å²) in [6.07, 6.45) is 3.86. The number of nitrogens with one attached hydrogen (secondary N) is 4. The van der Waals surface area contributed by atoms with Gasteiger partial charge in [-0.3, -0.25) is 19.2 Å². The standard InChI is InChI=1S/C56H76F2N8O6/c1-33(59-9)51(69)61-49(55(3,4)5)53(71)63-23-11-13-39(63)31-43-41-21-19-37(57)29-45(41)65(25-27-67)47(43)35-15-17-36(18-16-35)48-44(42-22-20-38(58)30-46(42)66(48)26-28-68)32-40-14-12-24-64(40)54(72)50(56(6,7)8)62-52(70)34(2)60-10/h15-22,29-30,33-34,39-40,49-50,59-60,67-68H,11-14,23-28,31-32H2,1-10H3,(H,61,69)(H,62,70)/t33-,34-,39-,40+,49+,50+/m0/s1. The van der Waals surface area contributed by atoms with Crippen LogP contribution in [0.2, 0.25) is 0 Å². The number of hydrogen-bond acceptors (Lipinski definition) is 8. The molecule has 4 heterocycles. The van der Waals surface area contributed by atoms with Crippen molar-refractivity contribution in [3.05, 3.63) is 83.4 Å². The fraction of sp³-hybridized carbons (Fsp3) is 0.536. The topological polar surface area (TPSA) is 173 Å². The highest BCUT2D eigenvalue weighted by Crippen LogP contribution is 2.41. The lowest BCUT2D eigenvalue weighted by Crippen LogP contribution is -2.58. The molecule has 0 radical (unpaired) electrons. The van der Waals surface area contributed by atoms with Crippen LogP contribution < -0.4 is 21.3 Å². The van der Waals surface area contributed by atoms with E-state index in [0.717, 1.165) is 70.1 Å². The van der Waals surface area contributed by atoms with E-state index in [9.17, 15) is 29.4 Å². The summed E-state index contributed by atoms with van der Waals surface area (Å²) >= 11 is 0. The Morgan fingerprint density at radius 2 is 0.972 bits per heavy atom. The number of nitrogens with zero attached hydrogens (tertiary/aromatic N) is 4. The molecule has 0 saturated carbocycles. The number of aliphatic hydroxyl groups excluding tert-OH is 2. The van der Waals surface area contributed by atoms with E-state index in [0.29, 0.717) is 37.0 Å². The highest BCUT2D eigenvalue weighted by Gasteiger charge is 2.42. The van der Waals surface area contributed by atoms with Gasteiger partial charge in [0.1, 0.15) is 23.7 Å². The molecule has 72 heavy (non-hydrogen) atoms. The van der Waals surface area contributed by atoms with Crippen LogP contribution in [0.3, 0.4) is 0 Å². The Hall–Kier alpha value is -5.68. The summed E-state index contributed by atoms with van der Waals surface area (Å²) in [5.41, 5.74) is 5.01. The number of aromatic nitrogens is 2. The van der Waals surface area contributed by atoms with E-state index in [4.69, 9.17) is 0 Å². The minimum atomic E-state index is -0.779. The summed E-state index contributed by atoms with van der Waals surface area (Å²) in [7, 11) is 3.40. The molecule has 16 heteroatoms. The molecule has 2 aliphatic heterocycles. The van der Waals surface area contributed by atoms with Gasteiger partial charge in [0.05, 0.1) is 47.7 Å². The van der Waals surface area contributed by atoms with Crippen molar-refractivity contribution in [1.29, 1.82) is 0 Å². The molecule has 5 aromatic rings. The van der Waals surface area contributed by atoms with E-state index in [1.165, 1.54) is 24.3 Å². The number of halogens is 2. The number of likely N-dealkylation sites (tertiary alicyclic amines) is 2. The third-order valence-electron chi connectivity index (χ3n) is 15.0. The van der Waals surface area contributed by atoms with Crippen molar-refractivity contribution in [2.45, 2.75) is 143 Å². The normalized spacial score (nSPS) is 18.2. The summed E-state index contributed by atoms with van der Waals surface area (Å²) in [4.78, 5) is 59.3. The maximum absolute atomic E-state index is 15.2. The van der Waals surface area contributed by atoms with Crippen molar-refractivity contribution in [1.82, 2.24) is 40.2 Å². The number of benzene rings is 3.